The highest BCUT2D eigenvalue weighted by atomic mass is 32.2. The molecule has 232 valence electrons. The summed E-state index contributed by atoms with van der Waals surface area (Å²) in [5.74, 6) is -1.11. The summed E-state index contributed by atoms with van der Waals surface area (Å²) in [6.07, 6.45) is 0.374. The normalized spacial score (nSPS) is 22.4. The van der Waals surface area contributed by atoms with Crippen LogP contribution in [0.25, 0.3) is 5.69 Å². The Kier molecular flexibility index (Phi) is 8.43. The number of rotatable bonds is 6. The van der Waals surface area contributed by atoms with Gasteiger partial charge in [0.1, 0.15) is 11.6 Å². The molecule has 1 aromatic carbocycles. The molecule has 0 radical (unpaired) electrons. The Morgan fingerprint density at radius 3 is 2.40 bits per heavy atom. The van der Waals surface area contributed by atoms with E-state index >= 15 is 0 Å². The van der Waals surface area contributed by atoms with Gasteiger partial charge in [-0.1, -0.05) is 13.8 Å². The number of nitrogens with one attached hydrogen (secondary N) is 1. The molecule has 0 saturated heterocycles. The van der Waals surface area contributed by atoms with E-state index in [1.807, 2.05) is 13.8 Å². The van der Waals surface area contributed by atoms with Crippen molar-refractivity contribution in [2.45, 2.75) is 89.1 Å². The first-order chi connectivity index (χ1) is 19.3. The average Bonchev–Trinajstić information content (AvgIpc) is 3.27. The number of benzene rings is 1. The van der Waals surface area contributed by atoms with Gasteiger partial charge in [-0.25, -0.2) is 4.68 Å². The van der Waals surface area contributed by atoms with Gasteiger partial charge in [-0.3, -0.25) is 14.1 Å². The molecule has 5 rings (SSSR count). The van der Waals surface area contributed by atoms with E-state index in [0.29, 0.717) is 68.3 Å². The average molecular weight is 616 g/mol. The molecule has 2 unspecified atom stereocenters. The smallest absolute Gasteiger partial charge is 0.435 e. The summed E-state index contributed by atoms with van der Waals surface area (Å²) in [6.45, 7) is 4.05. The van der Waals surface area contributed by atoms with E-state index < -0.39 is 45.5 Å². The number of anilines is 1. The molecule has 2 saturated carbocycles. The summed E-state index contributed by atoms with van der Waals surface area (Å²) in [7, 11) is -3.67. The highest BCUT2D eigenvalue weighted by molar-refractivity contribution is 7.85. The lowest BCUT2D eigenvalue weighted by atomic mass is 9.76. The van der Waals surface area contributed by atoms with Crippen molar-refractivity contribution in [2.24, 2.45) is 16.9 Å². The number of nitrogens with two attached hydrogens (primary N) is 2. The lowest BCUT2D eigenvalue weighted by molar-refractivity contribution is -0.152. The van der Waals surface area contributed by atoms with E-state index in [1.165, 1.54) is 10.7 Å². The van der Waals surface area contributed by atoms with Crippen molar-refractivity contribution in [3.05, 3.63) is 40.7 Å². The van der Waals surface area contributed by atoms with Gasteiger partial charge >= 0.3 is 12.1 Å². The molecule has 2 fully saturated rings. The maximum Gasteiger partial charge on any atom is 0.435 e. The van der Waals surface area contributed by atoms with Gasteiger partial charge in [-0.2, -0.15) is 26.7 Å². The number of hydrogen-bond acceptors (Lipinski definition) is 8. The molecule has 0 bridgehead atoms. The predicted molar refractivity (Wildman–Crippen MR) is 148 cm³/mol. The molecule has 11 nitrogen and oxygen atoms in total. The summed E-state index contributed by atoms with van der Waals surface area (Å²) in [5, 5.41) is 7.28. The number of carbonyl (C=O) groups excluding carboxylic acids is 2. The van der Waals surface area contributed by atoms with Crippen LogP contribution in [0, 0.1) is 5.41 Å². The number of carbonyl (C=O) groups is 2. The van der Waals surface area contributed by atoms with Crippen LogP contribution in [-0.2, 0) is 38.7 Å². The third-order valence-corrected chi connectivity index (χ3v) is 7.82. The highest BCUT2D eigenvalue weighted by Gasteiger charge is 2.49. The number of fused-ring (bicyclic) bond motifs is 1. The molecule has 6 N–H and O–H groups in total. The number of primary amides is 1. The maximum absolute atomic E-state index is 13.9. The first kappa shape index (κ1) is 31.8. The molecule has 15 heteroatoms. The minimum absolute atomic E-state index is 0.176. The van der Waals surface area contributed by atoms with E-state index in [4.69, 9.17) is 20.8 Å². The number of aromatic nitrogens is 2. The number of alkyl halides is 3. The van der Waals surface area contributed by atoms with Gasteiger partial charge in [0.05, 0.1) is 23.5 Å². The monoisotopic (exact) mass is 615 g/mol. The highest BCUT2D eigenvalue weighted by Crippen LogP contribution is 2.42. The topological polar surface area (TPSA) is 180 Å². The van der Waals surface area contributed by atoms with Crippen molar-refractivity contribution in [2.75, 3.05) is 11.6 Å². The molecule has 0 aliphatic heterocycles. The number of ether oxygens (including phenoxy) is 1. The fraction of sp³-hybridized carbons (Fsp3) is 0.593. The minimum atomic E-state index is -4.58. The Balaban J connectivity index is 0.000000748. The van der Waals surface area contributed by atoms with Crippen LogP contribution in [0.2, 0.25) is 0 Å². The second kappa shape index (κ2) is 11.2. The fourth-order valence-corrected chi connectivity index (χ4v) is 5.40. The molecular weight excluding hydrogens is 579 g/mol. The summed E-state index contributed by atoms with van der Waals surface area (Å²) < 4.78 is 74.5. The third-order valence-electron chi connectivity index (χ3n) is 7.82. The van der Waals surface area contributed by atoms with Gasteiger partial charge in [0.15, 0.2) is 5.69 Å². The summed E-state index contributed by atoms with van der Waals surface area (Å²) >= 11 is 0. The molecule has 1 amide bonds. The summed E-state index contributed by atoms with van der Waals surface area (Å²) in [5.41, 5.74) is 11.3. The van der Waals surface area contributed by atoms with Gasteiger partial charge in [-0.15, -0.1) is 0 Å². The van der Waals surface area contributed by atoms with Crippen LogP contribution in [-0.4, -0.2) is 58.6 Å². The van der Waals surface area contributed by atoms with Crippen LogP contribution in [0.15, 0.2) is 18.2 Å². The van der Waals surface area contributed by atoms with E-state index in [1.54, 1.807) is 12.1 Å². The standard InChI is InChI=1S/C26H32F3N5O3.CH4O3S/c1-24(2)9-8-16-19(13-24)34(33-21(16)26(27,28)29)14-6-7-15(22(30)35)18(12-14)32-17-4-3-5-20(17)37-23(36)25(31)10-11-25;1-5(2,3)4/h6-7,12,17,20,32H,3-5,8-11,13,31H2,1-2H3,(H2,30,35);1H3,(H,2,3,4). The van der Waals surface area contributed by atoms with Gasteiger partial charge in [-0.05, 0) is 75.0 Å². The van der Waals surface area contributed by atoms with Crippen LogP contribution in [0.3, 0.4) is 0 Å². The second-order valence-corrected chi connectivity index (χ2v) is 13.6. The molecular formula is C27H36F3N5O6S. The van der Waals surface area contributed by atoms with Crippen LogP contribution in [0.5, 0.6) is 0 Å². The summed E-state index contributed by atoms with van der Waals surface area (Å²) in [6, 6.07) is 4.34. The first-order valence-corrected chi connectivity index (χ1v) is 15.4. The maximum atomic E-state index is 13.9. The zero-order valence-corrected chi connectivity index (χ0v) is 24.4. The van der Waals surface area contributed by atoms with Crippen LogP contribution < -0.4 is 16.8 Å². The van der Waals surface area contributed by atoms with Crippen molar-refractivity contribution in [3.63, 3.8) is 0 Å². The fourth-order valence-electron chi connectivity index (χ4n) is 5.40. The Morgan fingerprint density at radius 1 is 1.19 bits per heavy atom. The number of esters is 1. The van der Waals surface area contributed by atoms with Crippen LogP contribution in [0.1, 0.15) is 79.7 Å². The zero-order valence-electron chi connectivity index (χ0n) is 23.6. The van der Waals surface area contributed by atoms with Crippen molar-refractivity contribution in [1.29, 1.82) is 0 Å². The van der Waals surface area contributed by atoms with Gasteiger partial charge in [0.2, 0.25) is 0 Å². The lowest BCUT2D eigenvalue weighted by Gasteiger charge is -2.30. The number of amides is 1. The number of halogens is 3. The predicted octanol–water partition coefficient (Wildman–Crippen LogP) is 3.38. The molecule has 3 aliphatic carbocycles. The zero-order chi connectivity index (χ0) is 31.3. The van der Waals surface area contributed by atoms with Crippen molar-refractivity contribution >= 4 is 27.7 Å². The van der Waals surface area contributed by atoms with Crippen LogP contribution in [0.4, 0.5) is 18.9 Å². The Morgan fingerprint density at radius 2 is 1.83 bits per heavy atom. The molecule has 2 atom stereocenters. The SMILES string of the molecule is CC1(C)CCc2c(C(F)(F)F)nn(-c3ccc(C(N)=O)c(NC4CCCC4OC(=O)C4(N)CC4)c3)c2C1.CS(=O)(=O)O. The molecule has 1 aromatic heterocycles. The molecule has 42 heavy (non-hydrogen) atoms. The quantitative estimate of drug-likeness (QED) is 0.280. The lowest BCUT2D eigenvalue weighted by Crippen LogP contribution is -2.41. The molecule has 3 aliphatic rings. The number of hydrogen-bond donors (Lipinski definition) is 4. The van der Waals surface area contributed by atoms with E-state index in [2.05, 4.69) is 10.4 Å². The second-order valence-electron chi connectivity index (χ2n) is 12.1. The Labute approximate surface area is 241 Å². The largest absolute Gasteiger partial charge is 0.459 e. The third kappa shape index (κ3) is 7.42. The Hall–Kier alpha value is -3.17. The Bertz CT molecular complexity index is 1480. The minimum Gasteiger partial charge on any atom is -0.459 e. The van der Waals surface area contributed by atoms with Gasteiger partial charge in [0, 0.05) is 16.9 Å². The van der Waals surface area contributed by atoms with E-state index in [9.17, 15) is 31.2 Å². The van der Waals surface area contributed by atoms with Gasteiger partial charge in [0.25, 0.3) is 16.0 Å². The van der Waals surface area contributed by atoms with E-state index in [-0.39, 0.29) is 22.6 Å². The molecule has 0 spiro atoms. The van der Waals surface area contributed by atoms with Crippen LogP contribution >= 0.6 is 0 Å². The van der Waals surface area contributed by atoms with Gasteiger partial charge < -0.3 is 21.5 Å². The van der Waals surface area contributed by atoms with Crippen molar-refractivity contribution < 1.29 is 40.5 Å². The number of nitrogens with zero attached hydrogens (tertiary/aromatic N) is 2. The first-order valence-electron chi connectivity index (χ1n) is 13.6. The molecule has 1 heterocycles. The summed E-state index contributed by atoms with van der Waals surface area (Å²) in [4.78, 5) is 24.6. The van der Waals surface area contributed by atoms with E-state index in [0.717, 1.165) is 6.42 Å². The van der Waals surface area contributed by atoms with Crippen molar-refractivity contribution in [3.8, 4) is 5.69 Å². The molecule has 2 aromatic rings. The van der Waals surface area contributed by atoms with Crippen molar-refractivity contribution in [1.82, 2.24) is 9.78 Å².